The number of fused-ring (bicyclic) bond motifs is 3. The molecule has 0 spiro atoms. The van der Waals surface area contributed by atoms with E-state index in [0.717, 1.165) is 34.3 Å². The van der Waals surface area contributed by atoms with Gasteiger partial charge < -0.3 is 9.15 Å². The summed E-state index contributed by atoms with van der Waals surface area (Å²) >= 11 is 0. The van der Waals surface area contributed by atoms with Gasteiger partial charge in [0.1, 0.15) is 16.9 Å². The second kappa shape index (κ2) is 3.73. The molecule has 0 fully saturated rings. The second-order valence-electron chi connectivity index (χ2n) is 5.47. The lowest BCUT2D eigenvalue weighted by Crippen LogP contribution is -2.31. The third-order valence-corrected chi connectivity index (χ3v) is 3.90. The van der Waals surface area contributed by atoms with Gasteiger partial charge in [0.2, 0.25) is 0 Å². The van der Waals surface area contributed by atoms with Gasteiger partial charge in [-0.25, -0.2) is 4.79 Å². The first-order chi connectivity index (χ1) is 8.90. The molecule has 1 unspecified atom stereocenters. The minimum absolute atomic E-state index is 0.328. The summed E-state index contributed by atoms with van der Waals surface area (Å²) in [5.41, 5.74) is 2.88. The van der Waals surface area contributed by atoms with Crippen molar-refractivity contribution in [2.45, 2.75) is 32.8 Å². The highest BCUT2D eigenvalue weighted by molar-refractivity contribution is 5.88. The van der Waals surface area contributed by atoms with E-state index in [4.69, 9.17) is 9.15 Å². The molecule has 0 N–H and O–H groups in total. The molecule has 2 heterocycles. The van der Waals surface area contributed by atoms with Gasteiger partial charge in [0, 0.05) is 12.5 Å². The number of hydrogen-bond donors (Lipinski definition) is 0. The Morgan fingerprint density at radius 1 is 1.42 bits per heavy atom. The maximum Gasteiger partial charge on any atom is 0.336 e. The van der Waals surface area contributed by atoms with Gasteiger partial charge >= 0.3 is 5.63 Å². The fourth-order valence-corrected chi connectivity index (χ4v) is 2.57. The van der Waals surface area contributed by atoms with E-state index in [9.17, 15) is 4.79 Å². The SMILES string of the molecule is C=C(C)C1(C)Cc2ccc3oc(=O)cc(C)c3c2O1. The van der Waals surface area contributed by atoms with Crippen molar-refractivity contribution in [1.29, 1.82) is 0 Å². The molecule has 0 saturated heterocycles. The normalized spacial score (nSPS) is 21.2. The van der Waals surface area contributed by atoms with Crippen molar-refractivity contribution in [3.8, 4) is 5.75 Å². The molecular weight excluding hydrogens is 240 g/mol. The molecule has 1 atom stereocenters. The van der Waals surface area contributed by atoms with Crippen LogP contribution in [0.1, 0.15) is 25.0 Å². The molecule has 0 aliphatic carbocycles. The molecule has 19 heavy (non-hydrogen) atoms. The zero-order valence-corrected chi connectivity index (χ0v) is 11.4. The summed E-state index contributed by atoms with van der Waals surface area (Å²) in [6, 6.07) is 5.31. The van der Waals surface area contributed by atoms with Gasteiger partial charge in [0.25, 0.3) is 0 Å². The zero-order chi connectivity index (χ0) is 13.8. The highest BCUT2D eigenvalue weighted by Crippen LogP contribution is 2.43. The molecule has 2 aromatic rings. The molecule has 3 rings (SSSR count). The summed E-state index contributed by atoms with van der Waals surface area (Å²) in [5.74, 6) is 0.823. The van der Waals surface area contributed by atoms with Crippen LogP contribution < -0.4 is 10.4 Å². The van der Waals surface area contributed by atoms with Gasteiger partial charge in [-0.3, -0.25) is 0 Å². The molecule has 0 amide bonds. The molecule has 1 aliphatic rings. The molecule has 1 aromatic heterocycles. The predicted octanol–water partition coefficient (Wildman–Crippen LogP) is 3.37. The van der Waals surface area contributed by atoms with Gasteiger partial charge in [0.15, 0.2) is 0 Å². The van der Waals surface area contributed by atoms with Crippen LogP contribution in [-0.4, -0.2) is 5.60 Å². The van der Waals surface area contributed by atoms with E-state index < -0.39 is 0 Å². The Hall–Kier alpha value is -2.03. The summed E-state index contributed by atoms with van der Waals surface area (Å²) in [4.78, 5) is 11.4. The maximum absolute atomic E-state index is 11.4. The fraction of sp³-hybridized carbons (Fsp3) is 0.312. The van der Waals surface area contributed by atoms with Crippen molar-refractivity contribution in [2.75, 3.05) is 0 Å². The lowest BCUT2D eigenvalue weighted by atomic mass is 9.92. The van der Waals surface area contributed by atoms with Crippen LogP contribution in [0, 0.1) is 6.92 Å². The van der Waals surface area contributed by atoms with Gasteiger partial charge in [-0.15, -0.1) is 0 Å². The lowest BCUT2D eigenvalue weighted by Gasteiger charge is -2.24. The van der Waals surface area contributed by atoms with Crippen molar-refractivity contribution in [1.82, 2.24) is 0 Å². The Morgan fingerprint density at radius 3 is 2.84 bits per heavy atom. The lowest BCUT2D eigenvalue weighted by molar-refractivity contribution is 0.159. The predicted molar refractivity (Wildman–Crippen MR) is 74.8 cm³/mol. The van der Waals surface area contributed by atoms with E-state index >= 15 is 0 Å². The Labute approximate surface area is 111 Å². The molecule has 0 saturated carbocycles. The Balaban J connectivity index is 2.29. The van der Waals surface area contributed by atoms with Crippen molar-refractivity contribution >= 4 is 11.0 Å². The van der Waals surface area contributed by atoms with Crippen LogP contribution in [0.3, 0.4) is 0 Å². The summed E-state index contributed by atoms with van der Waals surface area (Å²) in [7, 11) is 0. The molecule has 3 heteroatoms. The number of benzene rings is 1. The van der Waals surface area contributed by atoms with Gasteiger partial charge in [0.05, 0.1) is 5.39 Å². The van der Waals surface area contributed by atoms with E-state index in [1.807, 2.05) is 32.9 Å². The van der Waals surface area contributed by atoms with Crippen LogP contribution in [0.4, 0.5) is 0 Å². The minimum Gasteiger partial charge on any atom is -0.482 e. The minimum atomic E-state index is -0.376. The largest absolute Gasteiger partial charge is 0.482 e. The number of hydrogen-bond acceptors (Lipinski definition) is 3. The van der Waals surface area contributed by atoms with Crippen LogP contribution in [0.5, 0.6) is 5.75 Å². The third kappa shape index (κ3) is 1.69. The quantitative estimate of drug-likeness (QED) is 0.580. The molecule has 3 nitrogen and oxygen atoms in total. The van der Waals surface area contributed by atoms with Crippen LogP contribution in [0.25, 0.3) is 11.0 Å². The number of rotatable bonds is 1. The second-order valence-corrected chi connectivity index (χ2v) is 5.47. The average molecular weight is 256 g/mol. The van der Waals surface area contributed by atoms with Gasteiger partial charge in [-0.1, -0.05) is 12.6 Å². The van der Waals surface area contributed by atoms with Gasteiger partial charge in [-0.2, -0.15) is 0 Å². The summed E-state index contributed by atoms with van der Waals surface area (Å²) in [5, 5.41) is 0.891. The smallest absolute Gasteiger partial charge is 0.336 e. The van der Waals surface area contributed by atoms with Crippen molar-refractivity contribution in [3.63, 3.8) is 0 Å². The fourth-order valence-electron chi connectivity index (χ4n) is 2.57. The first-order valence-electron chi connectivity index (χ1n) is 6.32. The Bertz CT molecular complexity index is 754. The number of ether oxygens (including phenoxy) is 1. The highest BCUT2D eigenvalue weighted by atomic mass is 16.5. The van der Waals surface area contributed by atoms with E-state index in [1.54, 1.807) is 0 Å². The molecule has 1 aliphatic heterocycles. The third-order valence-electron chi connectivity index (χ3n) is 3.90. The van der Waals surface area contributed by atoms with Crippen molar-refractivity contribution < 1.29 is 9.15 Å². The first kappa shape index (κ1) is 12.0. The molecular formula is C16H16O3. The Kier molecular flexibility index (Phi) is 2.36. The maximum atomic E-state index is 11.4. The average Bonchev–Trinajstić information content (AvgIpc) is 2.66. The molecule has 0 radical (unpaired) electrons. The zero-order valence-electron chi connectivity index (χ0n) is 11.4. The summed E-state index contributed by atoms with van der Waals surface area (Å²) < 4.78 is 11.4. The Morgan fingerprint density at radius 2 is 2.16 bits per heavy atom. The van der Waals surface area contributed by atoms with E-state index in [0.29, 0.717) is 5.58 Å². The van der Waals surface area contributed by atoms with E-state index in [-0.39, 0.29) is 11.2 Å². The number of aryl methyl sites for hydroxylation is 1. The molecule has 98 valence electrons. The monoisotopic (exact) mass is 256 g/mol. The topological polar surface area (TPSA) is 39.4 Å². The van der Waals surface area contributed by atoms with Crippen molar-refractivity contribution in [2.24, 2.45) is 0 Å². The molecule has 0 bridgehead atoms. The van der Waals surface area contributed by atoms with E-state index in [2.05, 4.69) is 6.58 Å². The summed E-state index contributed by atoms with van der Waals surface area (Å²) in [6.07, 6.45) is 0.798. The first-order valence-corrected chi connectivity index (χ1v) is 6.32. The van der Waals surface area contributed by atoms with Gasteiger partial charge in [-0.05, 0) is 43.5 Å². The van der Waals surface area contributed by atoms with E-state index in [1.165, 1.54) is 6.07 Å². The highest BCUT2D eigenvalue weighted by Gasteiger charge is 2.37. The molecule has 1 aromatic carbocycles. The van der Waals surface area contributed by atoms with Crippen LogP contribution >= 0.6 is 0 Å². The summed E-state index contributed by atoms with van der Waals surface area (Å²) in [6.45, 7) is 9.92. The standard InChI is InChI=1S/C16H16O3/c1-9(2)16(4)8-11-5-6-12-14(15(11)19-16)10(3)7-13(17)18-12/h5-7H,1,8H2,2-4H3. The van der Waals surface area contributed by atoms with Crippen LogP contribution in [0.2, 0.25) is 0 Å². The van der Waals surface area contributed by atoms with Crippen LogP contribution in [-0.2, 0) is 6.42 Å². The van der Waals surface area contributed by atoms with Crippen molar-refractivity contribution in [3.05, 3.63) is 51.9 Å². The van der Waals surface area contributed by atoms with Crippen LogP contribution in [0.15, 0.2) is 39.6 Å².